The van der Waals surface area contributed by atoms with Crippen LogP contribution in [-0.2, 0) is 17.0 Å². The molecule has 1 aromatic heterocycles. The second kappa shape index (κ2) is 7.29. The normalized spacial score (nSPS) is 17.5. The summed E-state index contributed by atoms with van der Waals surface area (Å²) in [6, 6.07) is 0. The van der Waals surface area contributed by atoms with Gasteiger partial charge in [0.15, 0.2) is 5.82 Å². The Hall–Kier alpha value is -1.04. The molecule has 6 heteroatoms. The van der Waals surface area contributed by atoms with E-state index in [2.05, 4.69) is 24.0 Å². The Kier molecular flexibility index (Phi) is 5.67. The molecule has 1 fully saturated rings. The SMILES string of the molecule is CC(C)CSCc1noc(CC2(CC(=O)O)CCCC2)n1. The second-order valence-corrected chi connectivity index (χ2v) is 7.50. The van der Waals surface area contributed by atoms with E-state index in [0.29, 0.717) is 18.2 Å². The molecule has 1 heterocycles. The van der Waals surface area contributed by atoms with E-state index >= 15 is 0 Å². The number of nitrogens with zero attached hydrogens (tertiary/aromatic N) is 2. The van der Waals surface area contributed by atoms with Crippen molar-refractivity contribution in [3.05, 3.63) is 11.7 Å². The van der Waals surface area contributed by atoms with Crippen LogP contribution in [0.25, 0.3) is 0 Å². The smallest absolute Gasteiger partial charge is 0.303 e. The summed E-state index contributed by atoms with van der Waals surface area (Å²) in [5, 5.41) is 13.1. The zero-order valence-corrected chi connectivity index (χ0v) is 13.6. The van der Waals surface area contributed by atoms with E-state index in [-0.39, 0.29) is 11.8 Å². The molecular weight excluding hydrogens is 288 g/mol. The van der Waals surface area contributed by atoms with E-state index in [0.717, 1.165) is 43.0 Å². The lowest BCUT2D eigenvalue weighted by molar-refractivity contribution is -0.139. The third-order valence-electron chi connectivity index (χ3n) is 3.91. The first kappa shape index (κ1) is 16.3. The van der Waals surface area contributed by atoms with Crippen molar-refractivity contribution in [2.45, 2.75) is 58.1 Å². The van der Waals surface area contributed by atoms with Crippen molar-refractivity contribution in [1.82, 2.24) is 10.1 Å². The number of rotatable bonds is 8. The number of hydrogen-bond donors (Lipinski definition) is 1. The predicted molar refractivity (Wildman–Crippen MR) is 82.2 cm³/mol. The van der Waals surface area contributed by atoms with Gasteiger partial charge >= 0.3 is 5.97 Å². The van der Waals surface area contributed by atoms with Crippen LogP contribution in [0, 0.1) is 11.3 Å². The van der Waals surface area contributed by atoms with Crippen LogP contribution in [0.1, 0.15) is 57.7 Å². The zero-order chi connectivity index (χ0) is 15.3. The molecule has 21 heavy (non-hydrogen) atoms. The predicted octanol–water partition coefficient (Wildman–Crippen LogP) is 3.54. The molecular formula is C15H24N2O3S. The highest BCUT2D eigenvalue weighted by molar-refractivity contribution is 7.98. The lowest BCUT2D eigenvalue weighted by atomic mass is 9.79. The van der Waals surface area contributed by atoms with Crippen molar-refractivity contribution in [2.75, 3.05) is 5.75 Å². The van der Waals surface area contributed by atoms with Gasteiger partial charge in [-0.1, -0.05) is 31.8 Å². The number of carboxylic acid groups (broad SMARTS) is 1. The molecule has 1 aliphatic carbocycles. The Morgan fingerprint density at radius 2 is 2.14 bits per heavy atom. The Morgan fingerprint density at radius 1 is 1.43 bits per heavy atom. The Balaban J connectivity index is 1.92. The second-order valence-electron chi connectivity index (χ2n) is 6.47. The fourth-order valence-electron chi connectivity index (χ4n) is 2.99. The van der Waals surface area contributed by atoms with Gasteiger partial charge in [-0.05, 0) is 29.9 Å². The van der Waals surface area contributed by atoms with Gasteiger partial charge in [-0.3, -0.25) is 4.79 Å². The van der Waals surface area contributed by atoms with Gasteiger partial charge in [0.1, 0.15) is 0 Å². The van der Waals surface area contributed by atoms with E-state index in [1.807, 2.05) is 0 Å². The molecule has 1 aromatic rings. The van der Waals surface area contributed by atoms with Crippen molar-refractivity contribution < 1.29 is 14.4 Å². The monoisotopic (exact) mass is 312 g/mol. The molecule has 0 radical (unpaired) electrons. The van der Waals surface area contributed by atoms with Crippen molar-refractivity contribution in [1.29, 1.82) is 0 Å². The number of carbonyl (C=O) groups is 1. The quantitative estimate of drug-likeness (QED) is 0.791. The van der Waals surface area contributed by atoms with Gasteiger partial charge in [-0.2, -0.15) is 16.7 Å². The molecule has 0 spiro atoms. The average Bonchev–Trinajstić information content (AvgIpc) is 2.99. The molecule has 0 amide bonds. The summed E-state index contributed by atoms with van der Waals surface area (Å²) < 4.78 is 5.32. The first-order valence-corrected chi connectivity index (χ1v) is 8.76. The van der Waals surface area contributed by atoms with E-state index in [1.54, 1.807) is 11.8 Å². The molecule has 1 aliphatic rings. The number of thioether (sulfide) groups is 1. The largest absolute Gasteiger partial charge is 0.481 e. The molecule has 5 nitrogen and oxygen atoms in total. The maximum absolute atomic E-state index is 11.1. The summed E-state index contributed by atoms with van der Waals surface area (Å²) in [5.74, 6) is 3.07. The van der Waals surface area contributed by atoms with Crippen LogP contribution >= 0.6 is 11.8 Å². The molecule has 0 aromatic carbocycles. The standard InChI is InChI=1S/C15H24N2O3S/c1-11(2)9-21-10-12-16-13(20-17-12)7-15(8-14(18)19)5-3-4-6-15/h11H,3-10H2,1-2H3,(H,18,19). The molecule has 0 atom stereocenters. The molecule has 1 N–H and O–H groups in total. The topological polar surface area (TPSA) is 76.2 Å². The Bertz CT molecular complexity index is 467. The van der Waals surface area contributed by atoms with E-state index in [9.17, 15) is 4.79 Å². The minimum atomic E-state index is -0.732. The molecule has 0 aliphatic heterocycles. The Labute approximate surface area is 129 Å². The van der Waals surface area contributed by atoms with E-state index in [4.69, 9.17) is 9.63 Å². The summed E-state index contributed by atoms with van der Waals surface area (Å²) in [6.07, 6.45) is 4.88. The summed E-state index contributed by atoms with van der Waals surface area (Å²) in [5.41, 5.74) is -0.180. The van der Waals surface area contributed by atoms with Gasteiger partial charge in [-0.25, -0.2) is 0 Å². The molecule has 0 unspecified atom stereocenters. The lowest BCUT2D eigenvalue weighted by Gasteiger charge is -2.24. The van der Waals surface area contributed by atoms with Crippen LogP contribution in [0.4, 0.5) is 0 Å². The number of aromatic nitrogens is 2. The number of aliphatic carboxylic acids is 1. The minimum Gasteiger partial charge on any atom is -0.481 e. The zero-order valence-electron chi connectivity index (χ0n) is 12.8. The first-order valence-electron chi connectivity index (χ1n) is 7.60. The molecule has 2 rings (SSSR count). The van der Waals surface area contributed by atoms with Crippen LogP contribution in [0.3, 0.4) is 0 Å². The number of carboxylic acids is 1. The first-order chi connectivity index (χ1) is 9.99. The summed E-state index contributed by atoms with van der Waals surface area (Å²) in [4.78, 5) is 15.5. The summed E-state index contributed by atoms with van der Waals surface area (Å²) in [7, 11) is 0. The minimum absolute atomic E-state index is 0.180. The van der Waals surface area contributed by atoms with Crippen LogP contribution in [0.2, 0.25) is 0 Å². The third kappa shape index (κ3) is 5.02. The number of hydrogen-bond acceptors (Lipinski definition) is 5. The van der Waals surface area contributed by atoms with E-state index < -0.39 is 5.97 Å². The van der Waals surface area contributed by atoms with Crippen LogP contribution < -0.4 is 0 Å². The van der Waals surface area contributed by atoms with Gasteiger partial charge < -0.3 is 9.63 Å². The van der Waals surface area contributed by atoms with Crippen molar-refractivity contribution in [2.24, 2.45) is 11.3 Å². The molecule has 1 saturated carbocycles. The highest BCUT2D eigenvalue weighted by Gasteiger charge is 2.37. The molecule has 0 bridgehead atoms. The fraction of sp³-hybridized carbons (Fsp3) is 0.800. The molecule has 0 saturated heterocycles. The highest BCUT2D eigenvalue weighted by atomic mass is 32.2. The van der Waals surface area contributed by atoms with E-state index in [1.165, 1.54) is 0 Å². The third-order valence-corrected chi connectivity index (χ3v) is 5.27. The maximum Gasteiger partial charge on any atom is 0.303 e. The van der Waals surface area contributed by atoms with Crippen molar-refractivity contribution in [3.8, 4) is 0 Å². The van der Waals surface area contributed by atoms with Gasteiger partial charge in [0.25, 0.3) is 0 Å². The van der Waals surface area contributed by atoms with Gasteiger partial charge in [0.05, 0.1) is 12.2 Å². The van der Waals surface area contributed by atoms with Crippen LogP contribution in [0.5, 0.6) is 0 Å². The summed E-state index contributed by atoms with van der Waals surface area (Å²) in [6.45, 7) is 4.37. The summed E-state index contributed by atoms with van der Waals surface area (Å²) >= 11 is 1.80. The van der Waals surface area contributed by atoms with Crippen molar-refractivity contribution in [3.63, 3.8) is 0 Å². The maximum atomic E-state index is 11.1. The molecule has 118 valence electrons. The van der Waals surface area contributed by atoms with Crippen LogP contribution in [0.15, 0.2) is 4.52 Å². The van der Waals surface area contributed by atoms with Gasteiger partial charge in [0.2, 0.25) is 5.89 Å². The Morgan fingerprint density at radius 3 is 2.76 bits per heavy atom. The fourth-order valence-corrected chi connectivity index (χ4v) is 3.88. The highest BCUT2D eigenvalue weighted by Crippen LogP contribution is 2.43. The van der Waals surface area contributed by atoms with Crippen LogP contribution in [-0.4, -0.2) is 27.0 Å². The lowest BCUT2D eigenvalue weighted by Crippen LogP contribution is -2.24. The van der Waals surface area contributed by atoms with Gasteiger partial charge in [-0.15, -0.1) is 0 Å². The van der Waals surface area contributed by atoms with Gasteiger partial charge in [0, 0.05) is 6.42 Å². The van der Waals surface area contributed by atoms with Crippen molar-refractivity contribution >= 4 is 17.7 Å². The average molecular weight is 312 g/mol.